The summed E-state index contributed by atoms with van der Waals surface area (Å²) < 4.78 is 1.31. The molecule has 3 heterocycles. The Kier molecular flexibility index (Phi) is 2.06. The maximum Gasteiger partial charge on any atom is 0.356 e. The number of nitrogen functional groups attached to an aromatic ring is 1. The molecule has 7 nitrogen and oxygen atoms in total. The molecule has 3 aromatic heterocycles. The normalized spacial score (nSPS) is 10.9. The fraction of sp³-hybridized carbons (Fsp3) is 0. The predicted molar refractivity (Wildman–Crippen MR) is 64.1 cm³/mol. The van der Waals surface area contributed by atoms with E-state index in [0.717, 1.165) is 5.56 Å². The highest BCUT2D eigenvalue weighted by Gasteiger charge is 2.13. The lowest BCUT2D eigenvalue weighted by Crippen LogP contribution is -2.02. The Balaban J connectivity index is 2.24. The molecule has 7 heteroatoms. The zero-order chi connectivity index (χ0) is 12.7. The van der Waals surface area contributed by atoms with Gasteiger partial charge in [-0.3, -0.25) is 0 Å². The summed E-state index contributed by atoms with van der Waals surface area (Å²) >= 11 is 0. The van der Waals surface area contributed by atoms with Crippen LogP contribution in [0.3, 0.4) is 0 Å². The van der Waals surface area contributed by atoms with Crippen molar-refractivity contribution in [2.45, 2.75) is 0 Å². The number of aromatic carboxylic acids is 1. The van der Waals surface area contributed by atoms with Crippen LogP contribution in [-0.4, -0.2) is 30.7 Å². The van der Waals surface area contributed by atoms with Crippen LogP contribution in [0.25, 0.3) is 16.9 Å². The maximum absolute atomic E-state index is 10.8. The molecule has 18 heavy (non-hydrogen) atoms. The number of nitrogens with one attached hydrogen (secondary N) is 1. The fourth-order valence-corrected chi connectivity index (χ4v) is 1.73. The molecule has 0 aliphatic rings. The second-order valence-corrected chi connectivity index (χ2v) is 3.77. The van der Waals surface area contributed by atoms with Gasteiger partial charge in [0.2, 0.25) is 0 Å². The van der Waals surface area contributed by atoms with Crippen molar-refractivity contribution < 1.29 is 9.90 Å². The summed E-state index contributed by atoms with van der Waals surface area (Å²) in [6.45, 7) is 0. The number of carboxylic acid groups (broad SMARTS) is 1. The molecule has 0 amide bonds. The molecule has 3 aromatic rings. The van der Waals surface area contributed by atoms with Gasteiger partial charge < -0.3 is 15.8 Å². The van der Waals surface area contributed by atoms with Gasteiger partial charge in [-0.05, 0) is 6.07 Å². The highest BCUT2D eigenvalue weighted by molar-refractivity contribution is 5.87. The number of carboxylic acids is 1. The molecule has 0 fully saturated rings. The van der Waals surface area contributed by atoms with E-state index in [1.54, 1.807) is 18.5 Å². The van der Waals surface area contributed by atoms with Crippen LogP contribution < -0.4 is 5.73 Å². The molecule has 0 aliphatic carbocycles. The monoisotopic (exact) mass is 243 g/mol. The van der Waals surface area contributed by atoms with Gasteiger partial charge >= 0.3 is 5.97 Å². The van der Waals surface area contributed by atoms with E-state index in [1.807, 2.05) is 6.07 Å². The number of aromatic amines is 1. The van der Waals surface area contributed by atoms with Crippen LogP contribution in [0.15, 0.2) is 30.6 Å². The van der Waals surface area contributed by atoms with Gasteiger partial charge in [0.1, 0.15) is 5.82 Å². The third-order valence-electron chi connectivity index (χ3n) is 2.57. The van der Waals surface area contributed by atoms with Crippen molar-refractivity contribution in [3.8, 4) is 11.3 Å². The van der Waals surface area contributed by atoms with Crippen LogP contribution in [0.1, 0.15) is 10.5 Å². The van der Waals surface area contributed by atoms with E-state index in [2.05, 4.69) is 15.1 Å². The smallest absolute Gasteiger partial charge is 0.356 e. The summed E-state index contributed by atoms with van der Waals surface area (Å²) in [7, 11) is 0. The van der Waals surface area contributed by atoms with Crippen molar-refractivity contribution in [3.63, 3.8) is 0 Å². The molecule has 0 bridgehead atoms. The number of hydrogen-bond acceptors (Lipinski definition) is 4. The molecule has 3 rings (SSSR count). The van der Waals surface area contributed by atoms with Gasteiger partial charge in [0, 0.05) is 30.1 Å². The average molecular weight is 243 g/mol. The zero-order valence-electron chi connectivity index (χ0n) is 9.16. The predicted octanol–water partition coefficient (Wildman–Crippen LogP) is 1.00. The van der Waals surface area contributed by atoms with Crippen molar-refractivity contribution in [3.05, 3.63) is 36.3 Å². The summed E-state index contributed by atoms with van der Waals surface area (Å²) in [6, 6.07) is 4.89. The fourth-order valence-electron chi connectivity index (χ4n) is 1.73. The van der Waals surface area contributed by atoms with Crippen molar-refractivity contribution in [1.29, 1.82) is 0 Å². The standard InChI is InChI=1S/C11H9N5O2/c12-9-3-7(6-1-2-13-5-6)14-10-4-8(11(17)18)15-16(9)10/h1-5,13H,12H2,(H,17,18). The van der Waals surface area contributed by atoms with Crippen LogP contribution in [0, 0.1) is 0 Å². The highest BCUT2D eigenvalue weighted by Crippen LogP contribution is 2.20. The van der Waals surface area contributed by atoms with Gasteiger partial charge in [-0.1, -0.05) is 0 Å². The first-order chi connectivity index (χ1) is 8.65. The Morgan fingerprint density at radius 2 is 2.28 bits per heavy atom. The molecular formula is C11H9N5O2. The SMILES string of the molecule is Nc1cc(-c2cc[nH]c2)nc2cc(C(=O)O)nn12. The van der Waals surface area contributed by atoms with E-state index in [1.165, 1.54) is 10.6 Å². The van der Waals surface area contributed by atoms with E-state index < -0.39 is 5.97 Å². The van der Waals surface area contributed by atoms with Gasteiger partial charge in [-0.15, -0.1) is 0 Å². The highest BCUT2D eigenvalue weighted by atomic mass is 16.4. The summed E-state index contributed by atoms with van der Waals surface area (Å²) in [4.78, 5) is 18.1. The number of carbonyl (C=O) groups is 1. The Hall–Kier alpha value is -2.83. The number of H-pyrrole nitrogens is 1. The van der Waals surface area contributed by atoms with E-state index in [4.69, 9.17) is 10.8 Å². The van der Waals surface area contributed by atoms with Crippen molar-refractivity contribution >= 4 is 17.4 Å². The molecule has 0 saturated carbocycles. The van der Waals surface area contributed by atoms with Crippen molar-refractivity contribution in [2.24, 2.45) is 0 Å². The number of nitrogens with zero attached hydrogens (tertiary/aromatic N) is 3. The minimum atomic E-state index is -1.11. The average Bonchev–Trinajstić information content (AvgIpc) is 2.97. The lowest BCUT2D eigenvalue weighted by Gasteiger charge is -2.01. The van der Waals surface area contributed by atoms with Crippen LogP contribution in [0.2, 0.25) is 0 Å². The molecule has 0 aromatic carbocycles. The number of rotatable bonds is 2. The Bertz CT molecular complexity index is 729. The first-order valence-corrected chi connectivity index (χ1v) is 5.18. The van der Waals surface area contributed by atoms with Crippen molar-refractivity contribution in [1.82, 2.24) is 19.6 Å². The number of hydrogen-bond donors (Lipinski definition) is 3. The van der Waals surface area contributed by atoms with E-state index in [9.17, 15) is 4.79 Å². The molecule has 0 radical (unpaired) electrons. The van der Waals surface area contributed by atoms with E-state index in [0.29, 0.717) is 17.2 Å². The van der Waals surface area contributed by atoms with Gasteiger partial charge in [0.15, 0.2) is 11.3 Å². The van der Waals surface area contributed by atoms with Crippen LogP contribution >= 0.6 is 0 Å². The first-order valence-electron chi connectivity index (χ1n) is 5.18. The second-order valence-electron chi connectivity index (χ2n) is 3.77. The molecule has 0 atom stereocenters. The summed E-state index contributed by atoms with van der Waals surface area (Å²) in [5, 5.41) is 12.7. The second kappa shape index (κ2) is 3.59. The summed E-state index contributed by atoms with van der Waals surface area (Å²) in [5.74, 6) is -0.771. The van der Waals surface area contributed by atoms with Gasteiger partial charge in [-0.25, -0.2) is 9.78 Å². The lowest BCUT2D eigenvalue weighted by molar-refractivity contribution is 0.0690. The van der Waals surface area contributed by atoms with Gasteiger partial charge in [0.05, 0.1) is 5.69 Å². The minimum Gasteiger partial charge on any atom is -0.476 e. The minimum absolute atomic E-state index is 0.0829. The summed E-state index contributed by atoms with van der Waals surface area (Å²) in [6.07, 6.45) is 3.56. The third-order valence-corrected chi connectivity index (χ3v) is 2.57. The quantitative estimate of drug-likeness (QED) is 0.622. The molecule has 90 valence electrons. The Morgan fingerprint density at radius 3 is 2.94 bits per heavy atom. The zero-order valence-corrected chi connectivity index (χ0v) is 9.16. The van der Waals surface area contributed by atoms with E-state index in [-0.39, 0.29) is 5.69 Å². The Labute approximate surface area is 101 Å². The number of fused-ring (bicyclic) bond motifs is 1. The van der Waals surface area contributed by atoms with Gasteiger partial charge in [0.25, 0.3) is 0 Å². The third kappa shape index (κ3) is 1.49. The molecule has 0 spiro atoms. The first kappa shape index (κ1) is 10.3. The molecular weight excluding hydrogens is 234 g/mol. The topological polar surface area (TPSA) is 109 Å². The Morgan fingerprint density at radius 1 is 1.44 bits per heavy atom. The molecule has 0 saturated heterocycles. The number of anilines is 1. The van der Waals surface area contributed by atoms with E-state index >= 15 is 0 Å². The van der Waals surface area contributed by atoms with Crippen LogP contribution in [-0.2, 0) is 0 Å². The largest absolute Gasteiger partial charge is 0.476 e. The number of nitrogens with two attached hydrogens (primary N) is 1. The van der Waals surface area contributed by atoms with Crippen molar-refractivity contribution in [2.75, 3.05) is 5.73 Å². The van der Waals surface area contributed by atoms with Crippen LogP contribution in [0.4, 0.5) is 5.82 Å². The summed E-state index contributed by atoms with van der Waals surface area (Å²) in [5.41, 5.74) is 7.70. The molecule has 0 aliphatic heterocycles. The molecule has 4 N–H and O–H groups in total. The number of aromatic nitrogens is 4. The van der Waals surface area contributed by atoms with Crippen LogP contribution in [0.5, 0.6) is 0 Å². The lowest BCUT2D eigenvalue weighted by atomic mass is 10.2. The molecule has 0 unspecified atom stereocenters. The van der Waals surface area contributed by atoms with Gasteiger partial charge in [-0.2, -0.15) is 9.61 Å². The maximum atomic E-state index is 10.8.